The molecule has 2 aromatic heterocycles. The van der Waals surface area contributed by atoms with Crippen LogP contribution in [0.4, 0.5) is 4.39 Å². The Labute approximate surface area is 150 Å². The summed E-state index contributed by atoms with van der Waals surface area (Å²) >= 11 is 0. The Bertz CT molecular complexity index is 947. The summed E-state index contributed by atoms with van der Waals surface area (Å²) in [7, 11) is 1.71. The fourth-order valence-corrected chi connectivity index (χ4v) is 2.82. The van der Waals surface area contributed by atoms with E-state index in [4.69, 9.17) is 0 Å². The van der Waals surface area contributed by atoms with Gasteiger partial charge in [0, 0.05) is 24.2 Å². The molecule has 2 heterocycles. The lowest BCUT2D eigenvalue weighted by Crippen LogP contribution is -2.25. The molecule has 6 nitrogen and oxygen atoms in total. The van der Waals surface area contributed by atoms with E-state index in [2.05, 4.69) is 20.4 Å². The van der Waals surface area contributed by atoms with Crippen molar-refractivity contribution in [3.05, 3.63) is 65.6 Å². The lowest BCUT2D eigenvalue weighted by Gasteiger charge is -2.06. The van der Waals surface area contributed by atoms with Crippen molar-refractivity contribution >= 4 is 5.91 Å². The van der Waals surface area contributed by atoms with E-state index in [1.54, 1.807) is 31.6 Å². The molecule has 7 heteroatoms. The highest BCUT2D eigenvalue weighted by Crippen LogP contribution is 2.38. The molecular formula is C19H18FN5O. The summed E-state index contributed by atoms with van der Waals surface area (Å²) < 4.78 is 14.6. The second-order valence-electron chi connectivity index (χ2n) is 6.44. The molecule has 26 heavy (non-hydrogen) atoms. The largest absolute Gasteiger partial charge is 0.345 e. The van der Waals surface area contributed by atoms with Gasteiger partial charge in [0.25, 0.3) is 5.91 Å². The molecule has 132 valence electrons. The average molecular weight is 351 g/mol. The van der Waals surface area contributed by atoms with Gasteiger partial charge < -0.3 is 5.32 Å². The number of nitrogens with one attached hydrogen (secondary N) is 1. The highest BCUT2D eigenvalue weighted by atomic mass is 19.1. The topological polar surface area (TPSA) is 72.7 Å². The summed E-state index contributed by atoms with van der Waals surface area (Å²) in [4.78, 5) is 21.0. The third kappa shape index (κ3) is 3.46. The van der Waals surface area contributed by atoms with Crippen LogP contribution in [0.3, 0.4) is 0 Å². The first-order valence-corrected chi connectivity index (χ1v) is 8.49. The summed E-state index contributed by atoms with van der Waals surface area (Å²) in [6.07, 6.45) is 3.89. The highest BCUT2D eigenvalue weighted by molar-refractivity contribution is 5.93. The van der Waals surface area contributed by atoms with Gasteiger partial charge in [-0.05, 0) is 49.2 Å². The Morgan fingerprint density at radius 3 is 2.73 bits per heavy atom. The van der Waals surface area contributed by atoms with Crippen molar-refractivity contribution in [1.82, 2.24) is 25.1 Å². The zero-order valence-electron chi connectivity index (χ0n) is 14.3. The third-order valence-electron chi connectivity index (χ3n) is 4.42. The Balaban J connectivity index is 1.46. The Morgan fingerprint density at radius 2 is 2.00 bits per heavy atom. The first kappa shape index (κ1) is 16.4. The van der Waals surface area contributed by atoms with Crippen LogP contribution >= 0.6 is 0 Å². The van der Waals surface area contributed by atoms with E-state index >= 15 is 0 Å². The van der Waals surface area contributed by atoms with Crippen molar-refractivity contribution in [2.75, 3.05) is 0 Å². The first-order chi connectivity index (χ1) is 12.6. The first-order valence-electron chi connectivity index (χ1n) is 8.49. The molecule has 1 amide bonds. The molecule has 1 aliphatic rings. The third-order valence-corrected chi connectivity index (χ3v) is 4.42. The minimum atomic E-state index is -0.307. The van der Waals surface area contributed by atoms with Crippen molar-refractivity contribution in [2.45, 2.75) is 25.3 Å². The number of halogens is 1. The molecule has 0 unspecified atom stereocenters. The van der Waals surface area contributed by atoms with Crippen LogP contribution < -0.4 is 5.32 Å². The molecule has 1 aromatic carbocycles. The molecule has 0 bridgehead atoms. The molecule has 1 N–H and O–H groups in total. The van der Waals surface area contributed by atoms with E-state index in [9.17, 15) is 9.18 Å². The summed E-state index contributed by atoms with van der Waals surface area (Å²) in [5.74, 6) is 0.000744. The molecule has 0 radical (unpaired) electrons. The van der Waals surface area contributed by atoms with Crippen LogP contribution in [0.25, 0.3) is 11.3 Å². The quantitative estimate of drug-likeness (QED) is 0.767. The maximum atomic E-state index is 13.1. The molecule has 0 saturated heterocycles. The van der Waals surface area contributed by atoms with Gasteiger partial charge in [0.15, 0.2) is 0 Å². The molecule has 0 aliphatic heterocycles. The fourth-order valence-electron chi connectivity index (χ4n) is 2.82. The van der Waals surface area contributed by atoms with E-state index < -0.39 is 0 Å². The molecule has 3 aromatic rings. The van der Waals surface area contributed by atoms with Gasteiger partial charge in [-0.1, -0.05) is 0 Å². The van der Waals surface area contributed by atoms with Crippen molar-refractivity contribution in [3.8, 4) is 11.3 Å². The molecule has 1 saturated carbocycles. The normalized spacial score (nSPS) is 13.6. The maximum absolute atomic E-state index is 13.1. The van der Waals surface area contributed by atoms with E-state index in [1.165, 1.54) is 29.7 Å². The second kappa shape index (κ2) is 6.67. The summed E-state index contributed by atoms with van der Waals surface area (Å²) in [6.45, 7) is 0.331. The Hall–Kier alpha value is -3.09. The zero-order chi connectivity index (χ0) is 18.1. The van der Waals surface area contributed by atoms with Gasteiger partial charge >= 0.3 is 0 Å². The van der Waals surface area contributed by atoms with Gasteiger partial charge in [-0.15, -0.1) is 0 Å². The SMILES string of the molecule is Cn1nc(-c2ccc(F)cc2)cc1C(=O)NCc1cc(C2CC2)ncn1. The van der Waals surface area contributed by atoms with Crippen LogP contribution in [0, 0.1) is 5.82 Å². The van der Waals surface area contributed by atoms with Crippen LogP contribution in [0.1, 0.15) is 40.6 Å². The Morgan fingerprint density at radius 1 is 1.23 bits per heavy atom. The smallest absolute Gasteiger partial charge is 0.269 e. The lowest BCUT2D eigenvalue weighted by atomic mass is 10.1. The standard InChI is InChI=1S/C19H18FN5O/c1-25-18(9-17(24-25)13-4-6-14(20)7-5-13)19(26)21-10-15-8-16(12-2-3-12)23-11-22-15/h4-9,11-12H,2-3,10H2,1H3,(H,21,26). The van der Waals surface area contributed by atoms with Crippen LogP contribution in [0.2, 0.25) is 0 Å². The number of aryl methyl sites for hydroxylation is 1. The van der Waals surface area contributed by atoms with Gasteiger partial charge in [-0.2, -0.15) is 5.10 Å². The van der Waals surface area contributed by atoms with Crippen LogP contribution in [0.15, 0.2) is 42.7 Å². The summed E-state index contributed by atoms with van der Waals surface area (Å²) in [5, 5.41) is 7.21. The van der Waals surface area contributed by atoms with Gasteiger partial charge in [0.2, 0.25) is 0 Å². The molecule has 1 aliphatic carbocycles. The summed E-state index contributed by atoms with van der Waals surface area (Å²) in [6, 6.07) is 9.66. The van der Waals surface area contributed by atoms with Crippen LogP contribution in [0.5, 0.6) is 0 Å². The second-order valence-corrected chi connectivity index (χ2v) is 6.44. The predicted octanol–water partition coefficient (Wildman–Crippen LogP) is 2.82. The predicted molar refractivity (Wildman–Crippen MR) is 93.8 cm³/mol. The van der Waals surface area contributed by atoms with Crippen molar-refractivity contribution in [3.63, 3.8) is 0 Å². The molecule has 1 fully saturated rings. The van der Waals surface area contributed by atoms with E-state index in [0.717, 1.165) is 17.0 Å². The van der Waals surface area contributed by atoms with Crippen molar-refractivity contribution in [2.24, 2.45) is 7.05 Å². The van der Waals surface area contributed by atoms with Gasteiger partial charge in [-0.25, -0.2) is 14.4 Å². The Kier molecular flexibility index (Phi) is 4.20. The van der Waals surface area contributed by atoms with Crippen molar-refractivity contribution in [1.29, 1.82) is 0 Å². The lowest BCUT2D eigenvalue weighted by molar-refractivity contribution is 0.0941. The van der Waals surface area contributed by atoms with Gasteiger partial charge in [0.05, 0.1) is 17.9 Å². The number of carbonyl (C=O) groups is 1. The van der Waals surface area contributed by atoms with E-state index in [0.29, 0.717) is 23.9 Å². The minimum Gasteiger partial charge on any atom is -0.345 e. The monoisotopic (exact) mass is 351 g/mol. The molecule has 0 spiro atoms. The van der Waals surface area contributed by atoms with Crippen LogP contribution in [-0.2, 0) is 13.6 Å². The number of hydrogen-bond acceptors (Lipinski definition) is 4. The van der Waals surface area contributed by atoms with E-state index in [1.807, 2.05) is 6.07 Å². The molecule has 4 rings (SSSR count). The number of benzene rings is 1. The number of aromatic nitrogens is 4. The van der Waals surface area contributed by atoms with Gasteiger partial charge in [-0.3, -0.25) is 9.48 Å². The van der Waals surface area contributed by atoms with Crippen molar-refractivity contribution < 1.29 is 9.18 Å². The highest BCUT2D eigenvalue weighted by Gasteiger charge is 2.25. The fraction of sp³-hybridized carbons (Fsp3) is 0.263. The zero-order valence-corrected chi connectivity index (χ0v) is 14.3. The number of amides is 1. The maximum Gasteiger partial charge on any atom is 0.269 e. The minimum absolute atomic E-state index is 0.236. The number of carbonyl (C=O) groups excluding carboxylic acids is 1. The van der Waals surface area contributed by atoms with Crippen LogP contribution in [-0.4, -0.2) is 25.7 Å². The number of rotatable bonds is 5. The van der Waals surface area contributed by atoms with Gasteiger partial charge in [0.1, 0.15) is 17.8 Å². The molecule has 0 atom stereocenters. The van der Waals surface area contributed by atoms with E-state index in [-0.39, 0.29) is 11.7 Å². The number of nitrogens with zero attached hydrogens (tertiary/aromatic N) is 4. The average Bonchev–Trinajstić information content (AvgIpc) is 3.43. The number of hydrogen-bond donors (Lipinski definition) is 1. The molecular weight excluding hydrogens is 333 g/mol. The summed E-state index contributed by atoms with van der Waals surface area (Å²) in [5.41, 5.74) is 3.64.